The van der Waals surface area contributed by atoms with Crippen molar-refractivity contribution in [2.75, 3.05) is 12.4 Å². The Hall–Kier alpha value is -2.25. The van der Waals surface area contributed by atoms with Crippen LogP contribution in [0.2, 0.25) is 0 Å². The lowest BCUT2D eigenvalue weighted by Crippen LogP contribution is -2.22. The number of aliphatic hydroxyl groups is 1. The lowest BCUT2D eigenvalue weighted by atomic mass is 10.3. The summed E-state index contributed by atoms with van der Waals surface area (Å²) in [7, 11) is 0. The SMILES string of the molecule is CCn1ccc2c(=O)n(-c3ccc(O)cc3)c(SCCO)nc21. The fourth-order valence-electron chi connectivity index (χ4n) is 2.42. The number of hydrogen-bond acceptors (Lipinski definition) is 5. The third kappa shape index (κ3) is 2.85. The Balaban J connectivity index is 2.27. The predicted molar refractivity (Wildman–Crippen MR) is 90.5 cm³/mol. The quantitative estimate of drug-likeness (QED) is 0.552. The largest absolute Gasteiger partial charge is 0.508 e. The lowest BCUT2D eigenvalue weighted by Gasteiger charge is -2.12. The fourth-order valence-corrected chi connectivity index (χ4v) is 3.16. The van der Waals surface area contributed by atoms with E-state index in [1.54, 1.807) is 18.2 Å². The number of phenolic OH excluding ortho intramolecular Hbond substituents is 1. The maximum atomic E-state index is 12.9. The van der Waals surface area contributed by atoms with Crippen molar-refractivity contribution in [2.45, 2.75) is 18.6 Å². The van der Waals surface area contributed by atoms with Crippen molar-refractivity contribution in [3.8, 4) is 11.4 Å². The Morgan fingerprint density at radius 2 is 1.96 bits per heavy atom. The second kappa shape index (κ2) is 6.47. The highest BCUT2D eigenvalue weighted by Gasteiger charge is 2.15. The van der Waals surface area contributed by atoms with Crippen molar-refractivity contribution in [1.29, 1.82) is 0 Å². The van der Waals surface area contributed by atoms with Crippen LogP contribution in [0, 0.1) is 0 Å². The van der Waals surface area contributed by atoms with Crippen molar-refractivity contribution in [1.82, 2.24) is 14.1 Å². The van der Waals surface area contributed by atoms with Gasteiger partial charge in [0.1, 0.15) is 11.4 Å². The molecule has 3 rings (SSSR count). The minimum absolute atomic E-state index is 0.00292. The number of aryl methyl sites for hydroxylation is 1. The summed E-state index contributed by atoms with van der Waals surface area (Å²) in [6.45, 7) is 2.72. The van der Waals surface area contributed by atoms with Gasteiger partial charge in [-0.3, -0.25) is 9.36 Å². The van der Waals surface area contributed by atoms with Crippen molar-refractivity contribution in [3.63, 3.8) is 0 Å². The van der Waals surface area contributed by atoms with Crippen LogP contribution in [0.5, 0.6) is 5.75 Å². The summed E-state index contributed by atoms with van der Waals surface area (Å²) in [5.74, 6) is 0.584. The Kier molecular flexibility index (Phi) is 4.40. The Morgan fingerprint density at radius 3 is 2.61 bits per heavy atom. The van der Waals surface area contributed by atoms with E-state index in [1.807, 2.05) is 17.7 Å². The molecule has 0 spiro atoms. The van der Waals surface area contributed by atoms with Crippen LogP contribution in [0.3, 0.4) is 0 Å². The molecule has 0 radical (unpaired) electrons. The molecule has 23 heavy (non-hydrogen) atoms. The second-order valence-corrected chi connectivity index (χ2v) is 6.02. The van der Waals surface area contributed by atoms with E-state index in [9.17, 15) is 9.90 Å². The van der Waals surface area contributed by atoms with Gasteiger partial charge in [0.2, 0.25) is 0 Å². The van der Waals surface area contributed by atoms with Crippen molar-refractivity contribution in [3.05, 3.63) is 46.9 Å². The van der Waals surface area contributed by atoms with E-state index in [0.29, 0.717) is 27.6 Å². The minimum Gasteiger partial charge on any atom is -0.508 e. The molecule has 0 fully saturated rings. The van der Waals surface area contributed by atoms with Crippen LogP contribution in [0.15, 0.2) is 46.5 Å². The lowest BCUT2D eigenvalue weighted by molar-refractivity contribution is 0.322. The molecule has 0 bridgehead atoms. The first-order chi connectivity index (χ1) is 11.2. The smallest absolute Gasteiger partial charge is 0.268 e. The molecule has 120 valence electrons. The molecule has 2 aromatic heterocycles. The molecule has 0 amide bonds. The number of benzene rings is 1. The van der Waals surface area contributed by atoms with E-state index >= 15 is 0 Å². The van der Waals surface area contributed by atoms with Gasteiger partial charge in [-0.1, -0.05) is 11.8 Å². The molecule has 2 N–H and O–H groups in total. The molecule has 0 aliphatic rings. The Bertz CT molecular complexity index is 884. The molecule has 0 unspecified atom stereocenters. The highest BCUT2D eigenvalue weighted by atomic mass is 32.2. The summed E-state index contributed by atoms with van der Waals surface area (Å²) in [5.41, 5.74) is 1.12. The van der Waals surface area contributed by atoms with E-state index in [4.69, 9.17) is 5.11 Å². The summed E-state index contributed by atoms with van der Waals surface area (Å²) in [4.78, 5) is 17.5. The number of nitrogens with zero attached hydrogens (tertiary/aromatic N) is 3. The van der Waals surface area contributed by atoms with Crippen molar-refractivity contribution < 1.29 is 10.2 Å². The van der Waals surface area contributed by atoms with Crippen LogP contribution in [-0.2, 0) is 6.54 Å². The molecule has 1 aromatic carbocycles. The van der Waals surface area contributed by atoms with Gasteiger partial charge in [-0.05, 0) is 37.3 Å². The molecule has 0 saturated heterocycles. The first kappa shape index (κ1) is 15.6. The van der Waals surface area contributed by atoms with Gasteiger partial charge in [0.25, 0.3) is 5.56 Å². The average Bonchev–Trinajstić information content (AvgIpc) is 2.97. The van der Waals surface area contributed by atoms with Gasteiger partial charge in [0.15, 0.2) is 5.16 Å². The standard InChI is InChI=1S/C16H17N3O3S/c1-2-18-8-7-13-14(18)17-16(23-10-9-20)19(15(13)22)11-3-5-12(21)6-4-11/h3-8,20-21H,2,9-10H2,1H3. The molecular weight excluding hydrogens is 314 g/mol. The van der Waals surface area contributed by atoms with Gasteiger partial charge >= 0.3 is 0 Å². The van der Waals surface area contributed by atoms with Crippen LogP contribution >= 0.6 is 11.8 Å². The number of aromatic hydroxyl groups is 1. The van der Waals surface area contributed by atoms with E-state index in [2.05, 4.69) is 4.98 Å². The molecule has 7 heteroatoms. The molecule has 0 saturated carbocycles. The first-order valence-corrected chi connectivity index (χ1v) is 8.29. The minimum atomic E-state index is -0.159. The number of phenols is 1. The topological polar surface area (TPSA) is 80.3 Å². The van der Waals surface area contributed by atoms with Gasteiger partial charge in [0, 0.05) is 18.5 Å². The van der Waals surface area contributed by atoms with Gasteiger partial charge in [-0.2, -0.15) is 0 Å². The normalized spacial score (nSPS) is 11.2. The summed E-state index contributed by atoms with van der Waals surface area (Å²) in [6, 6.07) is 8.17. The van der Waals surface area contributed by atoms with Crippen molar-refractivity contribution in [2.24, 2.45) is 0 Å². The number of aliphatic hydroxyl groups excluding tert-OH is 1. The zero-order valence-corrected chi connectivity index (χ0v) is 13.5. The first-order valence-electron chi connectivity index (χ1n) is 7.30. The van der Waals surface area contributed by atoms with E-state index in [1.165, 1.54) is 28.5 Å². The van der Waals surface area contributed by atoms with E-state index in [0.717, 1.165) is 6.54 Å². The number of hydrogen-bond donors (Lipinski definition) is 2. The van der Waals surface area contributed by atoms with Crippen LogP contribution in [0.25, 0.3) is 16.7 Å². The van der Waals surface area contributed by atoms with Crippen LogP contribution in [-0.4, -0.2) is 36.7 Å². The van der Waals surface area contributed by atoms with Crippen molar-refractivity contribution >= 4 is 22.8 Å². The van der Waals surface area contributed by atoms with Crippen LogP contribution in [0.1, 0.15) is 6.92 Å². The Labute approximate surface area is 137 Å². The second-order valence-electron chi connectivity index (χ2n) is 4.96. The number of fused-ring (bicyclic) bond motifs is 1. The predicted octanol–water partition coefficient (Wildman–Crippen LogP) is 2.00. The highest BCUT2D eigenvalue weighted by Crippen LogP contribution is 2.22. The summed E-state index contributed by atoms with van der Waals surface area (Å²) < 4.78 is 3.43. The molecule has 0 aliphatic heterocycles. The van der Waals surface area contributed by atoms with Gasteiger partial charge < -0.3 is 14.8 Å². The summed E-state index contributed by atoms with van der Waals surface area (Å²) >= 11 is 1.32. The fraction of sp³-hybridized carbons (Fsp3) is 0.250. The molecule has 0 atom stereocenters. The molecule has 0 aliphatic carbocycles. The number of aromatic nitrogens is 3. The van der Waals surface area contributed by atoms with Crippen LogP contribution < -0.4 is 5.56 Å². The third-order valence-corrected chi connectivity index (χ3v) is 4.45. The zero-order chi connectivity index (χ0) is 16.4. The van der Waals surface area contributed by atoms with Gasteiger partial charge in [-0.15, -0.1) is 0 Å². The monoisotopic (exact) mass is 331 g/mol. The van der Waals surface area contributed by atoms with E-state index in [-0.39, 0.29) is 17.9 Å². The summed E-state index contributed by atoms with van der Waals surface area (Å²) in [5, 5.41) is 19.6. The average molecular weight is 331 g/mol. The van der Waals surface area contributed by atoms with Crippen LogP contribution in [0.4, 0.5) is 0 Å². The number of rotatable bonds is 5. The van der Waals surface area contributed by atoms with Gasteiger partial charge in [-0.25, -0.2) is 4.98 Å². The summed E-state index contributed by atoms with van der Waals surface area (Å²) in [6.07, 6.45) is 1.85. The molecule has 6 nitrogen and oxygen atoms in total. The number of thioether (sulfide) groups is 1. The maximum Gasteiger partial charge on any atom is 0.268 e. The third-order valence-electron chi connectivity index (χ3n) is 3.53. The van der Waals surface area contributed by atoms with E-state index < -0.39 is 0 Å². The zero-order valence-electron chi connectivity index (χ0n) is 12.6. The van der Waals surface area contributed by atoms with Gasteiger partial charge in [0.05, 0.1) is 17.7 Å². The molecular formula is C16H17N3O3S. The highest BCUT2D eigenvalue weighted by molar-refractivity contribution is 7.99. The molecule has 3 aromatic rings. The Morgan fingerprint density at radius 1 is 1.22 bits per heavy atom. The molecule has 2 heterocycles. The maximum absolute atomic E-state index is 12.9.